The second-order valence-corrected chi connectivity index (χ2v) is 5.35. The maximum absolute atomic E-state index is 13.3. The van der Waals surface area contributed by atoms with Gasteiger partial charge in [0.25, 0.3) is 0 Å². The SMILES string of the molecule is N#Cc1cc(/C=C2\OC(=O)c3ccc(Br)cc32)ccc1F. The van der Waals surface area contributed by atoms with Crippen molar-refractivity contribution >= 4 is 33.7 Å². The van der Waals surface area contributed by atoms with Crippen molar-refractivity contribution in [3.8, 4) is 6.07 Å². The van der Waals surface area contributed by atoms with Gasteiger partial charge in [-0.3, -0.25) is 0 Å². The smallest absolute Gasteiger partial charge is 0.344 e. The number of nitriles is 1. The van der Waals surface area contributed by atoms with Crippen molar-refractivity contribution in [1.29, 1.82) is 5.26 Å². The predicted octanol–water partition coefficient (Wildman–Crippen LogP) is 4.13. The molecule has 21 heavy (non-hydrogen) atoms. The topological polar surface area (TPSA) is 50.1 Å². The van der Waals surface area contributed by atoms with Gasteiger partial charge >= 0.3 is 5.97 Å². The van der Waals surface area contributed by atoms with E-state index in [1.54, 1.807) is 30.3 Å². The number of rotatable bonds is 1. The Labute approximate surface area is 128 Å². The van der Waals surface area contributed by atoms with Gasteiger partial charge in [-0.15, -0.1) is 0 Å². The highest BCUT2D eigenvalue weighted by Gasteiger charge is 2.26. The van der Waals surface area contributed by atoms with Crippen LogP contribution in [0.5, 0.6) is 0 Å². The van der Waals surface area contributed by atoms with E-state index in [9.17, 15) is 9.18 Å². The van der Waals surface area contributed by atoms with Crippen LogP contribution in [0.2, 0.25) is 0 Å². The van der Waals surface area contributed by atoms with Crippen LogP contribution in [0.1, 0.15) is 27.0 Å². The number of cyclic esters (lactones) is 1. The Balaban J connectivity index is 2.09. The van der Waals surface area contributed by atoms with E-state index >= 15 is 0 Å². The number of fused-ring (bicyclic) bond motifs is 1. The molecule has 0 atom stereocenters. The molecule has 0 saturated heterocycles. The van der Waals surface area contributed by atoms with Crippen molar-refractivity contribution in [2.24, 2.45) is 0 Å². The van der Waals surface area contributed by atoms with E-state index < -0.39 is 11.8 Å². The lowest BCUT2D eigenvalue weighted by atomic mass is 10.1. The van der Waals surface area contributed by atoms with Gasteiger partial charge in [-0.25, -0.2) is 9.18 Å². The molecule has 0 saturated carbocycles. The minimum absolute atomic E-state index is 0.0526. The predicted molar refractivity (Wildman–Crippen MR) is 78.5 cm³/mol. The third kappa shape index (κ3) is 2.46. The monoisotopic (exact) mass is 343 g/mol. The van der Waals surface area contributed by atoms with Gasteiger partial charge in [-0.05, 0) is 42.0 Å². The van der Waals surface area contributed by atoms with Crippen LogP contribution >= 0.6 is 15.9 Å². The van der Waals surface area contributed by atoms with Crippen LogP contribution in [0.15, 0.2) is 40.9 Å². The average Bonchev–Trinajstić information content (AvgIpc) is 2.77. The molecular weight excluding hydrogens is 337 g/mol. The molecule has 0 bridgehead atoms. The summed E-state index contributed by atoms with van der Waals surface area (Å²) in [7, 11) is 0. The normalized spacial score (nSPS) is 14.7. The highest BCUT2D eigenvalue weighted by molar-refractivity contribution is 9.10. The van der Waals surface area contributed by atoms with Crippen molar-refractivity contribution < 1.29 is 13.9 Å². The van der Waals surface area contributed by atoms with Crippen molar-refractivity contribution in [2.45, 2.75) is 0 Å². The number of carbonyl (C=O) groups is 1. The summed E-state index contributed by atoms with van der Waals surface area (Å²) in [5.74, 6) is -0.621. The van der Waals surface area contributed by atoms with Gasteiger partial charge < -0.3 is 4.74 Å². The minimum atomic E-state index is -0.578. The quantitative estimate of drug-likeness (QED) is 0.731. The summed E-state index contributed by atoms with van der Waals surface area (Å²) in [6, 6.07) is 11.1. The first-order chi connectivity index (χ1) is 10.1. The molecule has 5 heteroatoms. The molecule has 0 aromatic heterocycles. The zero-order chi connectivity index (χ0) is 15.0. The highest BCUT2D eigenvalue weighted by Crippen LogP contribution is 2.33. The molecule has 3 nitrogen and oxygen atoms in total. The molecular formula is C16H7BrFNO2. The van der Waals surface area contributed by atoms with Gasteiger partial charge in [0.1, 0.15) is 17.6 Å². The molecule has 0 N–H and O–H groups in total. The number of nitrogens with zero attached hydrogens (tertiary/aromatic N) is 1. The molecule has 3 rings (SSSR count). The number of carbonyl (C=O) groups excluding carboxylic acids is 1. The molecule has 2 aromatic carbocycles. The Kier molecular flexibility index (Phi) is 3.32. The fraction of sp³-hybridized carbons (Fsp3) is 0. The first-order valence-corrected chi connectivity index (χ1v) is 6.81. The van der Waals surface area contributed by atoms with E-state index in [0.29, 0.717) is 22.4 Å². The van der Waals surface area contributed by atoms with Crippen molar-refractivity contribution in [2.75, 3.05) is 0 Å². The zero-order valence-corrected chi connectivity index (χ0v) is 12.1. The van der Waals surface area contributed by atoms with E-state index in [0.717, 1.165) is 4.47 Å². The summed E-state index contributed by atoms with van der Waals surface area (Å²) < 4.78 is 19.3. The average molecular weight is 344 g/mol. The largest absolute Gasteiger partial charge is 0.422 e. The second kappa shape index (κ2) is 5.15. The van der Waals surface area contributed by atoms with E-state index in [1.165, 1.54) is 18.2 Å². The summed E-state index contributed by atoms with van der Waals surface area (Å²) >= 11 is 3.34. The molecule has 0 amide bonds. The highest BCUT2D eigenvalue weighted by atomic mass is 79.9. The molecule has 102 valence electrons. The lowest BCUT2D eigenvalue weighted by Gasteiger charge is -2.01. The fourth-order valence-electron chi connectivity index (χ4n) is 2.09. The number of halogens is 2. The van der Waals surface area contributed by atoms with E-state index in [1.807, 2.05) is 0 Å². The number of benzene rings is 2. The summed E-state index contributed by atoms with van der Waals surface area (Å²) in [6.07, 6.45) is 1.61. The summed E-state index contributed by atoms with van der Waals surface area (Å²) in [5.41, 5.74) is 1.68. The van der Waals surface area contributed by atoms with Gasteiger partial charge in [-0.1, -0.05) is 22.0 Å². The molecule has 1 aliphatic heterocycles. The summed E-state index contributed by atoms with van der Waals surface area (Å²) in [5, 5.41) is 8.84. The van der Waals surface area contributed by atoms with Gasteiger partial charge in [-0.2, -0.15) is 5.26 Å². The molecule has 0 aliphatic carbocycles. The maximum Gasteiger partial charge on any atom is 0.344 e. The summed E-state index contributed by atoms with van der Waals surface area (Å²) in [4.78, 5) is 11.8. The van der Waals surface area contributed by atoms with Crippen molar-refractivity contribution in [3.05, 3.63) is 68.9 Å². The zero-order valence-electron chi connectivity index (χ0n) is 10.6. The van der Waals surface area contributed by atoms with E-state index in [2.05, 4.69) is 15.9 Å². The Bertz CT molecular complexity index is 837. The van der Waals surface area contributed by atoms with Gasteiger partial charge in [0.2, 0.25) is 0 Å². The number of hydrogen-bond donors (Lipinski definition) is 0. The Morgan fingerprint density at radius 1 is 1.19 bits per heavy atom. The van der Waals surface area contributed by atoms with Gasteiger partial charge in [0, 0.05) is 10.0 Å². The molecule has 1 heterocycles. The Morgan fingerprint density at radius 3 is 2.76 bits per heavy atom. The molecule has 0 radical (unpaired) electrons. The second-order valence-electron chi connectivity index (χ2n) is 4.44. The molecule has 1 aliphatic rings. The van der Waals surface area contributed by atoms with Crippen LogP contribution in [-0.4, -0.2) is 5.97 Å². The van der Waals surface area contributed by atoms with Crippen LogP contribution in [0, 0.1) is 17.1 Å². The Hall–Kier alpha value is -2.45. The van der Waals surface area contributed by atoms with Crippen LogP contribution in [0.25, 0.3) is 11.8 Å². The van der Waals surface area contributed by atoms with Gasteiger partial charge in [0.05, 0.1) is 11.1 Å². The van der Waals surface area contributed by atoms with Crippen molar-refractivity contribution in [1.82, 2.24) is 0 Å². The van der Waals surface area contributed by atoms with Crippen LogP contribution in [0.4, 0.5) is 4.39 Å². The Morgan fingerprint density at radius 2 is 2.00 bits per heavy atom. The third-order valence-electron chi connectivity index (χ3n) is 3.08. The summed E-state index contributed by atoms with van der Waals surface area (Å²) in [6.45, 7) is 0. The number of esters is 1. The number of hydrogen-bond acceptors (Lipinski definition) is 3. The van der Waals surface area contributed by atoms with Crippen LogP contribution < -0.4 is 0 Å². The van der Waals surface area contributed by atoms with Gasteiger partial charge in [0.15, 0.2) is 0 Å². The van der Waals surface area contributed by atoms with Crippen LogP contribution in [-0.2, 0) is 4.74 Å². The van der Waals surface area contributed by atoms with Crippen molar-refractivity contribution in [3.63, 3.8) is 0 Å². The standard InChI is InChI=1S/C16H7BrFNO2/c17-11-2-3-12-13(7-11)15(21-16(12)20)6-9-1-4-14(18)10(5-9)8-19/h1-7H/b15-6-. The van der Waals surface area contributed by atoms with E-state index in [-0.39, 0.29) is 5.56 Å². The minimum Gasteiger partial charge on any atom is -0.422 e. The van der Waals surface area contributed by atoms with Crippen LogP contribution in [0.3, 0.4) is 0 Å². The van der Waals surface area contributed by atoms with E-state index in [4.69, 9.17) is 10.00 Å². The lowest BCUT2D eigenvalue weighted by molar-refractivity contribution is 0.0717. The molecule has 0 spiro atoms. The first kappa shape index (κ1) is 13.5. The molecule has 2 aromatic rings. The lowest BCUT2D eigenvalue weighted by Crippen LogP contribution is -1.92. The number of ether oxygens (including phenoxy) is 1. The maximum atomic E-state index is 13.3. The first-order valence-electron chi connectivity index (χ1n) is 6.02. The molecule has 0 unspecified atom stereocenters. The third-order valence-corrected chi connectivity index (χ3v) is 3.57. The fourth-order valence-corrected chi connectivity index (χ4v) is 2.45. The molecule has 0 fully saturated rings.